The van der Waals surface area contributed by atoms with Gasteiger partial charge < -0.3 is 0 Å². The van der Waals surface area contributed by atoms with E-state index in [-0.39, 0.29) is 0 Å². The van der Waals surface area contributed by atoms with E-state index in [0.29, 0.717) is 18.2 Å². The van der Waals surface area contributed by atoms with Crippen LogP contribution in [-0.4, -0.2) is 8.42 Å². The number of alkyl halides is 3. The van der Waals surface area contributed by atoms with Gasteiger partial charge in [0.25, 0.3) is 10.0 Å². The number of hydrogen-bond acceptors (Lipinski definition) is 2. The average Bonchev–Trinajstić information content (AvgIpc) is 2.98. The molecule has 0 amide bonds. The third-order valence-corrected chi connectivity index (χ3v) is 5.90. The summed E-state index contributed by atoms with van der Waals surface area (Å²) in [6, 6.07) is 16.8. The monoisotopic (exact) mass is 389 g/mol. The number of fused-ring (bicyclic) bond motifs is 3. The summed E-state index contributed by atoms with van der Waals surface area (Å²) in [7, 11) is -4.13. The second-order valence-electron chi connectivity index (χ2n) is 6.34. The van der Waals surface area contributed by atoms with Crippen LogP contribution in [-0.2, 0) is 22.6 Å². The van der Waals surface area contributed by atoms with E-state index in [2.05, 4.69) is 4.72 Å². The summed E-state index contributed by atoms with van der Waals surface area (Å²) in [5.74, 6) is 0. The Bertz CT molecular complexity index is 1140. The summed E-state index contributed by atoms with van der Waals surface area (Å²) in [5.41, 5.74) is 3.59. The van der Waals surface area contributed by atoms with Crippen LogP contribution < -0.4 is 4.72 Å². The zero-order valence-corrected chi connectivity index (χ0v) is 14.7. The maximum Gasteiger partial charge on any atom is 0.416 e. The third-order valence-electron chi connectivity index (χ3n) is 4.52. The van der Waals surface area contributed by atoms with E-state index in [4.69, 9.17) is 0 Å². The van der Waals surface area contributed by atoms with Gasteiger partial charge in [0.1, 0.15) is 0 Å². The van der Waals surface area contributed by atoms with Crippen LogP contribution in [0.2, 0.25) is 0 Å². The Labute approximate surface area is 154 Å². The largest absolute Gasteiger partial charge is 0.416 e. The highest BCUT2D eigenvalue weighted by Crippen LogP contribution is 2.38. The first kappa shape index (κ1) is 17.6. The minimum absolute atomic E-state index is 0.318. The number of benzene rings is 3. The maximum atomic E-state index is 12.8. The van der Waals surface area contributed by atoms with Crippen LogP contribution in [0.15, 0.2) is 71.6 Å². The molecule has 0 saturated carbocycles. The van der Waals surface area contributed by atoms with Gasteiger partial charge in [-0.3, -0.25) is 4.72 Å². The summed E-state index contributed by atoms with van der Waals surface area (Å²) in [6.07, 6.45) is -3.92. The van der Waals surface area contributed by atoms with Gasteiger partial charge >= 0.3 is 6.18 Å². The molecule has 0 aromatic heterocycles. The normalized spacial score (nSPS) is 13.1. The van der Waals surface area contributed by atoms with Crippen LogP contribution in [0, 0.1) is 0 Å². The number of sulfonamides is 1. The number of anilines is 1. The van der Waals surface area contributed by atoms with Crippen LogP contribution in [0.1, 0.15) is 16.7 Å². The molecule has 3 nitrogen and oxygen atoms in total. The number of rotatable bonds is 3. The molecular formula is C20H14F3NO2S. The minimum atomic E-state index is -4.61. The topological polar surface area (TPSA) is 46.2 Å². The fourth-order valence-electron chi connectivity index (χ4n) is 3.26. The van der Waals surface area contributed by atoms with Gasteiger partial charge in [-0.1, -0.05) is 36.4 Å². The molecular weight excluding hydrogens is 375 g/mol. The van der Waals surface area contributed by atoms with Crippen molar-refractivity contribution in [2.45, 2.75) is 17.5 Å². The quantitative estimate of drug-likeness (QED) is 0.531. The summed E-state index contributed by atoms with van der Waals surface area (Å²) in [6.45, 7) is 0. The molecule has 1 aliphatic carbocycles. The first-order chi connectivity index (χ1) is 12.7. The van der Waals surface area contributed by atoms with Crippen molar-refractivity contribution in [2.24, 2.45) is 0 Å². The van der Waals surface area contributed by atoms with E-state index >= 15 is 0 Å². The Morgan fingerprint density at radius 1 is 0.815 bits per heavy atom. The first-order valence-corrected chi connectivity index (χ1v) is 9.64. The van der Waals surface area contributed by atoms with Gasteiger partial charge in [-0.05, 0) is 59.0 Å². The van der Waals surface area contributed by atoms with Gasteiger partial charge in [0.15, 0.2) is 0 Å². The predicted molar refractivity (Wildman–Crippen MR) is 96.9 cm³/mol. The molecule has 1 N–H and O–H groups in total. The molecule has 0 radical (unpaired) electrons. The highest BCUT2D eigenvalue weighted by Gasteiger charge is 2.31. The Hall–Kier alpha value is -2.80. The molecule has 27 heavy (non-hydrogen) atoms. The van der Waals surface area contributed by atoms with Crippen LogP contribution >= 0.6 is 0 Å². The molecule has 0 atom stereocenters. The van der Waals surface area contributed by atoms with Crippen molar-refractivity contribution in [3.05, 3.63) is 83.4 Å². The van der Waals surface area contributed by atoms with Crippen molar-refractivity contribution >= 4 is 15.7 Å². The van der Waals surface area contributed by atoms with Crippen molar-refractivity contribution in [1.29, 1.82) is 0 Å². The SMILES string of the molecule is O=S(=O)(Nc1ccc2c(c1)Cc1ccccc1-2)c1cccc(C(F)(F)F)c1. The third kappa shape index (κ3) is 3.30. The van der Waals surface area contributed by atoms with Crippen LogP contribution in [0.4, 0.5) is 18.9 Å². The summed E-state index contributed by atoms with van der Waals surface area (Å²) < 4.78 is 66.0. The van der Waals surface area contributed by atoms with Crippen molar-refractivity contribution < 1.29 is 21.6 Å². The maximum absolute atomic E-state index is 12.8. The lowest BCUT2D eigenvalue weighted by atomic mass is 10.1. The molecule has 3 aromatic carbocycles. The van der Waals surface area contributed by atoms with E-state index in [0.717, 1.165) is 40.5 Å². The highest BCUT2D eigenvalue weighted by molar-refractivity contribution is 7.92. The molecule has 7 heteroatoms. The van der Waals surface area contributed by atoms with E-state index < -0.39 is 26.7 Å². The Morgan fingerprint density at radius 3 is 2.33 bits per heavy atom. The smallest absolute Gasteiger partial charge is 0.280 e. The molecule has 0 fully saturated rings. The average molecular weight is 389 g/mol. The molecule has 3 aromatic rings. The van der Waals surface area contributed by atoms with Gasteiger partial charge in [-0.2, -0.15) is 13.2 Å². The molecule has 0 bridgehead atoms. The summed E-state index contributed by atoms with van der Waals surface area (Å²) in [4.78, 5) is -0.430. The van der Waals surface area contributed by atoms with E-state index in [9.17, 15) is 21.6 Å². The minimum Gasteiger partial charge on any atom is -0.280 e. The second kappa shape index (κ2) is 6.13. The van der Waals surface area contributed by atoms with Crippen molar-refractivity contribution in [2.75, 3.05) is 4.72 Å². The second-order valence-corrected chi connectivity index (χ2v) is 8.02. The van der Waals surface area contributed by atoms with Crippen LogP contribution in [0.25, 0.3) is 11.1 Å². The molecule has 0 spiro atoms. The lowest BCUT2D eigenvalue weighted by molar-refractivity contribution is -0.137. The Kier molecular flexibility index (Phi) is 3.99. The summed E-state index contributed by atoms with van der Waals surface area (Å²) in [5, 5.41) is 0. The fraction of sp³-hybridized carbons (Fsp3) is 0.100. The Morgan fingerprint density at radius 2 is 1.56 bits per heavy atom. The van der Waals surface area contributed by atoms with Crippen LogP contribution in [0.3, 0.4) is 0 Å². The molecule has 4 rings (SSSR count). The standard InChI is InChI=1S/C20H14F3NO2S/c21-20(22,23)15-5-3-6-17(12-15)27(25,26)24-16-8-9-19-14(11-16)10-13-4-1-2-7-18(13)19/h1-9,11-12,24H,10H2. The zero-order chi connectivity index (χ0) is 19.2. The molecule has 0 saturated heterocycles. The van der Waals surface area contributed by atoms with Gasteiger partial charge in [-0.15, -0.1) is 0 Å². The molecule has 138 valence electrons. The van der Waals surface area contributed by atoms with Gasteiger partial charge in [0, 0.05) is 5.69 Å². The molecule has 0 heterocycles. The van der Waals surface area contributed by atoms with E-state index in [1.807, 2.05) is 30.3 Å². The number of nitrogens with one attached hydrogen (secondary N) is 1. The first-order valence-electron chi connectivity index (χ1n) is 8.15. The highest BCUT2D eigenvalue weighted by atomic mass is 32.2. The molecule has 0 aliphatic heterocycles. The Balaban J connectivity index is 1.64. The zero-order valence-electron chi connectivity index (χ0n) is 13.9. The van der Waals surface area contributed by atoms with Gasteiger partial charge in [-0.25, -0.2) is 8.42 Å². The van der Waals surface area contributed by atoms with E-state index in [1.54, 1.807) is 12.1 Å². The van der Waals surface area contributed by atoms with Crippen molar-refractivity contribution in [3.8, 4) is 11.1 Å². The lowest BCUT2D eigenvalue weighted by Crippen LogP contribution is -2.14. The lowest BCUT2D eigenvalue weighted by Gasteiger charge is -2.12. The predicted octanol–water partition coefficient (Wildman–Crippen LogP) is 5.08. The fourth-order valence-corrected chi connectivity index (χ4v) is 4.36. The summed E-state index contributed by atoms with van der Waals surface area (Å²) >= 11 is 0. The van der Waals surface area contributed by atoms with Crippen LogP contribution in [0.5, 0.6) is 0 Å². The van der Waals surface area contributed by atoms with Crippen molar-refractivity contribution in [1.82, 2.24) is 0 Å². The molecule has 1 aliphatic rings. The number of hydrogen-bond donors (Lipinski definition) is 1. The molecule has 0 unspecified atom stereocenters. The van der Waals surface area contributed by atoms with E-state index in [1.165, 1.54) is 0 Å². The number of halogens is 3. The van der Waals surface area contributed by atoms with Gasteiger partial charge in [0.2, 0.25) is 0 Å². The van der Waals surface area contributed by atoms with Gasteiger partial charge in [0.05, 0.1) is 10.5 Å². The van der Waals surface area contributed by atoms with Crippen molar-refractivity contribution in [3.63, 3.8) is 0 Å².